The monoisotopic (exact) mass is 372 g/mol. The van der Waals surface area contributed by atoms with Crippen LogP contribution in [0.25, 0.3) is 22.2 Å². The van der Waals surface area contributed by atoms with Crippen molar-refractivity contribution in [2.75, 3.05) is 6.54 Å². The summed E-state index contributed by atoms with van der Waals surface area (Å²) in [7, 11) is 3.86. The Balaban J connectivity index is 1.44. The van der Waals surface area contributed by atoms with Crippen LogP contribution in [0.5, 0.6) is 0 Å². The fourth-order valence-electron chi connectivity index (χ4n) is 3.99. The predicted molar refractivity (Wildman–Crippen MR) is 106 cm³/mol. The molecule has 0 unspecified atom stereocenters. The van der Waals surface area contributed by atoms with Crippen LogP contribution in [0.4, 0.5) is 0 Å². The molecule has 3 aromatic heterocycles. The zero-order valence-corrected chi connectivity index (χ0v) is 15.8. The molecule has 0 aliphatic carbocycles. The molecular weight excluding hydrogens is 352 g/mol. The number of hydrogen-bond donors (Lipinski definition) is 0. The highest BCUT2D eigenvalue weighted by Gasteiger charge is 2.28. The standard InChI is InChI=1S/C21H20N6O/c1-25-12-16(11-23-25)20-17-7-9-27(13-19(17)24-26(20)2)21(28)15-5-6-18-14(10-15)4-3-8-22-18/h3-6,8,10-12H,7,9,13H2,1-2H3. The number of fused-ring (bicyclic) bond motifs is 2. The highest BCUT2D eigenvalue weighted by Crippen LogP contribution is 2.30. The van der Waals surface area contributed by atoms with Crippen LogP contribution in [0.1, 0.15) is 21.6 Å². The van der Waals surface area contributed by atoms with Crippen molar-refractivity contribution >= 4 is 16.8 Å². The average Bonchev–Trinajstić information content (AvgIpc) is 3.28. The lowest BCUT2D eigenvalue weighted by molar-refractivity contribution is 0.0732. The number of carbonyl (C=O) groups excluding carboxylic acids is 1. The largest absolute Gasteiger partial charge is 0.332 e. The molecule has 7 heteroatoms. The Hall–Kier alpha value is -3.48. The van der Waals surface area contributed by atoms with E-state index >= 15 is 0 Å². The summed E-state index contributed by atoms with van der Waals surface area (Å²) in [6.07, 6.45) is 6.40. The fraction of sp³-hybridized carbons (Fsp3) is 0.238. The van der Waals surface area contributed by atoms with E-state index in [-0.39, 0.29) is 5.91 Å². The zero-order chi connectivity index (χ0) is 19.3. The number of carbonyl (C=O) groups is 1. The number of pyridine rings is 1. The molecule has 0 saturated carbocycles. The second-order valence-electron chi connectivity index (χ2n) is 7.19. The van der Waals surface area contributed by atoms with E-state index in [1.807, 2.05) is 66.4 Å². The summed E-state index contributed by atoms with van der Waals surface area (Å²) < 4.78 is 3.69. The third kappa shape index (κ3) is 2.67. The third-order valence-electron chi connectivity index (χ3n) is 5.32. The minimum Gasteiger partial charge on any atom is -0.332 e. The number of hydrogen-bond acceptors (Lipinski definition) is 4. The number of amides is 1. The first-order valence-electron chi connectivity index (χ1n) is 9.28. The molecule has 0 fully saturated rings. The van der Waals surface area contributed by atoms with Gasteiger partial charge in [-0.15, -0.1) is 0 Å². The summed E-state index contributed by atoms with van der Waals surface area (Å²) in [5, 5.41) is 9.94. The SMILES string of the molecule is Cn1cc(-c2c3c(nn2C)CN(C(=O)c2ccc4ncccc4c2)CC3)cn1. The number of benzene rings is 1. The van der Waals surface area contributed by atoms with Crippen molar-refractivity contribution in [3.05, 3.63) is 65.7 Å². The van der Waals surface area contributed by atoms with Crippen LogP contribution < -0.4 is 0 Å². The second kappa shape index (κ2) is 6.30. The van der Waals surface area contributed by atoms with Gasteiger partial charge in [0.2, 0.25) is 0 Å². The smallest absolute Gasteiger partial charge is 0.254 e. The van der Waals surface area contributed by atoms with Crippen LogP contribution in [0.3, 0.4) is 0 Å². The molecule has 0 atom stereocenters. The number of aromatic nitrogens is 5. The van der Waals surface area contributed by atoms with Gasteiger partial charge in [-0.3, -0.25) is 19.1 Å². The van der Waals surface area contributed by atoms with Crippen LogP contribution in [0.15, 0.2) is 48.9 Å². The number of rotatable bonds is 2. The van der Waals surface area contributed by atoms with Gasteiger partial charge in [-0.1, -0.05) is 6.07 Å². The van der Waals surface area contributed by atoms with Crippen molar-refractivity contribution in [3.63, 3.8) is 0 Å². The summed E-state index contributed by atoms with van der Waals surface area (Å²) in [6, 6.07) is 9.54. The lowest BCUT2D eigenvalue weighted by Crippen LogP contribution is -2.36. The molecule has 4 aromatic rings. The van der Waals surface area contributed by atoms with E-state index in [1.165, 1.54) is 5.56 Å². The Morgan fingerprint density at radius 2 is 2.07 bits per heavy atom. The van der Waals surface area contributed by atoms with Gasteiger partial charge < -0.3 is 4.90 Å². The maximum atomic E-state index is 13.1. The van der Waals surface area contributed by atoms with E-state index in [4.69, 9.17) is 0 Å². The van der Waals surface area contributed by atoms with Crippen LogP contribution in [0, 0.1) is 0 Å². The Bertz CT molecular complexity index is 1200. The van der Waals surface area contributed by atoms with Crippen LogP contribution in [-0.4, -0.2) is 41.9 Å². The van der Waals surface area contributed by atoms with Gasteiger partial charge in [0.1, 0.15) is 0 Å². The van der Waals surface area contributed by atoms with E-state index in [0.29, 0.717) is 18.7 Å². The summed E-state index contributed by atoms with van der Waals surface area (Å²) in [5.41, 5.74) is 5.90. The Morgan fingerprint density at radius 1 is 1.18 bits per heavy atom. The number of nitrogens with zero attached hydrogens (tertiary/aromatic N) is 6. The summed E-state index contributed by atoms with van der Waals surface area (Å²) in [5.74, 6) is 0.0324. The Kier molecular flexibility index (Phi) is 3.75. The van der Waals surface area contributed by atoms with Crippen molar-refractivity contribution < 1.29 is 4.79 Å². The van der Waals surface area contributed by atoms with Gasteiger partial charge >= 0.3 is 0 Å². The second-order valence-corrected chi connectivity index (χ2v) is 7.19. The first kappa shape index (κ1) is 16.7. The van der Waals surface area contributed by atoms with Gasteiger partial charge in [0.25, 0.3) is 5.91 Å². The van der Waals surface area contributed by atoms with Gasteiger partial charge in [0, 0.05) is 55.1 Å². The molecule has 140 valence electrons. The van der Waals surface area contributed by atoms with E-state index in [2.05, 4.69) is 15.2 Å². The van der Waals surface area contributed by atoms with Gasteiger partial charge in [0.15, 0.2) is 0 Å². The summed E-state index contributed by atoms with van der Waals surface area (Å²) in [4.78, 5) is 19.3. The molecule has 7 nitrogen and oxygen atoms in total. The normalized spacial score (nSPS) is 13.7. The highest BCUT2D eigenvalue weighted by molar-refractivity contribution is 5.98. The summed E-state index contributed by atoms with van der Waals surface area (Å²) in [6.45, 7) is 1.20. The molecule has 1 amide bonds. The topological polar surface area (TPSA) is 68.8 Å². The van der Waals surface area contributed by atoms with Crippen LogP contribution >= 0.6 is 0 Å². The molecule has 0 spiro atoms. The minimum absolute atomic E-state index is 0.0324. The van der Waals surface area contributed by atoms with Crippen molar-refractivity contribution in [1.29, 1.82) is 0 Å². The van der Waals surface area contributed by atoms with Gasteiger partial charge in [-0.25, -0.2) is 0 Å². The van der Waals surface area contributed by atoms with Crippen molar-refractivity contribution in [2.24, 2.45) is 14.1 Å². The Labute approximate surface area is 162 Å². The molecule has 1 aliphatic rings. The predicted octanol–water partition coefficient (Wildman–Crippen LogP) is 2.57. The lowest BCUT2D eigenvalue weighted by Gasteiger charge is -2.26. The van der Waals surface area contributed by atoms with E-state index in [9.17, 15) is 4.79 Å². The molecule has 0 bridgehead atoms. The first-order chi connectivity index (χ1) is 13.6. The van der Waals surface area contributed by atoms with Crippen molar-refractivity contribution in [1.82, 2.24) is 29.4 Å². The molecule has 0 N–H and O–H groups in total. The van der Waals surface area contributed by atoms with E-state index < -0.39 is 0 Å². The average molecular weight is 372 g/mol. The van der Waals surface area contributed by atoms with Crippen molar-refractivity contribution in [2.45, 2.75) is 13.0 Å². The van der Waals surface area contributed by atoms with Gasteiger partial charge in [-0.2, -0.15) is 10.2 Å². The quantitative estimate of drug-likeness (QED) is 0.542. The van der Waals surface area contributed by atoms with Crippen LogP contribution in [0.2, 0.25) is 0 Å². The maximum Gasteiger partial charge on any atom is 0.254 e. The molecule has 28 heavy (non-hydrogen) atoms. The minimum atomic E-state index is 0.0324. The zero-order valence-electron chi connectivity index (χ0n) is 15.8. The van der Waals surface area contributed by atoms with E-state index in [0.717, 1.165) is 34.3 Å². The maximum absolute atomic E-state index is 13.1. The molecule has 5 rings (SSSR count). The van der Waals surface area contributed by atoms with Gasteiger partial charge in [-0.05, 0) is 30.7 Å². The van der Waals surface area contributed by atoms with E-state index in [1.54, 1.807) is 10.9 Å². The van der Waals surface area contributed by atoms with Gasteiger partial charge in [0.05, 0.1) is 29.6 Å². The first-order valence-corrected chi connectivity index (χ1v) is 9.28. The third-order valence-corrected chi connectivity index (χ3v) is 5.32. The molecule has 1 aliphatic heterocycles. The van der Waals surface area contributed by atoms with Crippen LogP contribution in [-0.2, 0) is 27.1 Å². The molecule has 0 radical (unpaired) electrons. The summed E-state index contributed by atoms with van der Waals surface area (Å²) >= 11 is 0. The van der Waals surface area contributed by atoms with Crippen molar-refractivity contribution in [3.8, 4) is 11.3 Å². The molecular formula is C21H20N6O. The molecule has 1 aromatic carbocycles. The molecule has 4 heterocycles. The highest BCUT2D eigenvalue weighted by atomic mass is 16.2. The Morgan fingerprint density at radius 3 is 2.89 bits per heavy atom. The number of aryl methyl sites for hydroxylation is 2. The molecule has 0 saturated heterocycles. The lowest BCUT2D eigenvalue weighted by atomic mass is 10.0. The fourth-order valence-corrected chi connectivity index (χ4v) is 3.99.